The minimum Gasteiger partial charge on any atom is -0.345 e. The summed E-state index contributed by atoms with van der Waals surface area (Å²) in [4.78, 5) is 9.48. The minimum absolute atomic E-state index is 0.581. The fourth-order valence-electron chi connectivity index (χ4n) is 2.22. The molecule has 96 valence electrons. The predicted molar refractivity (Wildman–Crippen MR) is 77.2 cm³/mol. The molecule has 0 unspecified atom stereocenters. The molecule has 1 fully saturated rings. The van der Waals surface area contributed by atoms with Crippen LogP contribution in [0.3, 0.4) is 0 Å². The van der Waals surface area contributed by atoms with Crippen LogP contribution in [0.2, 0.25) is 0 Å². The molecule has 2 N–H and O–H groups in total. The Hall–Kier alpha value is -1.17. The largest absolute Gasteiger partial charge is 0.345 e. The summed E-state index contributed by atoms with van der Waals surface area (Å²) in [5.74, 6) is 0. The number of nitrogens with two attached hydrogens (primary N) is 1. The standard InChI is InChI=1S/C13H18N4S/c1-16-4-6-17(7-5-16)13-15-11-8-10(9-14)2-3-12(11)18-13/h2-3,8H,4-7,9,14H2,1H3. The van der Waals surface area contributed by atoms with Gasteiger partial charge < -0.3 is 15.5 Å². The zero-order valence-electron chi connectivity index (χ0n) is 10.6. The number of likely N-dealkylation sites (N-methyl/N-ethyl adjacent to an activating group) is 1. The molecule has 1 saturated heterocycles. The summed E-state index contributed by atoms with van der Waals surface area (Å²) in [6.07, 6.45) is 0. The van der Waals surface area contributed by atoms with Crippen LogP contribution in [0, 0.1) is 0 Å². The molecule has 2 heterocycles. The lowest BCUT2D eigenvalue weighted by Gasteiger charge is -2.32. The van der Waals surface area contributed by atoms with Crippen molar-refractivity contribution in [2.24, 2.45) is 5.73 Å². The van der Waals surface area contributed by atoms with Gasteiger partial charge in [-0.25, -0.2) is 4.98 Å². The Balaban J connectivity index is 1.88. The van der Waals surface area contributed by atoms with Gasteiger partial charge in [0.2, 0.25) is 0 Å². The second-order valence-electron chi connectivity index (χ2n) is 4.79. The predicted octanol–water partition coefficient (Wildman–Crippen LogP) is 1.51. The summed E-state index contributed by atoms with van der Waals surface area (Å²) < 4.78 is 1.25. The average Bonchev–Trinajstić information content (AvgIpc) is 2.82. The fourth-order valence-corrected chi connectivity index (χ4v) is 3.22. The van der Waals surface area contributed by atoms with Crippen LogP contribution in [0.1, 0.15) is 5.56 Å². The van der Waals surface area contributed by atoms with Crippen molar-refractivity contribution in [3.8, 4) is 0 Å². The third-order valence-electron chi connectivity index (χ3n) is 3.45. The van der Waals surface area contributed by atoms with Gasteiger partial charge in [-0.1, -0.05) is 17.4 Å². The Morgan fingerprint density at radius 2 is 2.06 bits per heavy atom. The third kappa shape index (κ3) is 2.21. The van der Waals surface area contributed by atoms with Gasteiger partial charge in [-0.3, -0.25) is 0 Å². The first-order chi connectivity index (χ1) is 8.76. The van der Waals surface area contributed by atoms with E-state index in [0.29, 0.717) is 6.54 Å². The van der Waals surface area contributed by atoms with E-state index in [1.54, 1.807) is 11.3 Å². The van der Waals surface area contributed by atoms with Crippen molar-refractivity contribution < 1.29 is 0 Å². The Bertz CT molecular complexity index is 543. The maximum atomic E-state index is 5.67. The zero-order valence-corrected chi connectivity index (χ0v) is 11.4. The number of nitrogens with zero attached hydrogens (tertiary/aromatic N) is 3. The summed E-state index contributed by atoms with van der Waals surface area (Å²) >= 11 is 1.78. The van der Waals surface area contributed by atoms with Gasteiger partial charge in [0.25, 0.3) is 0 Å². The molecule has 1 aliphatic rings. The second-order valence-corrected chi connectivity index (χ2v) is 5.80. The first-order valence-corrected chi connectivity index (χ1v) is 7.11. The topological polar surface area (TPSA) is 45.4 Å². The number of rotatable bonds is 2. The third-order valence-corrected chi connectivity index (χ3v) is 4.55. The molecular formula is C13H18N4S. The maximum absolute atomic E-state index is 5.67. The smallest absolute Gasteiger partial charge is 0.186 e. The molecule has 0 spiro atoms. The zero-order chi connectivity index (χ0) is 12.5. The highest BCUT2D eigenvalue weighted by atomic mass is 32.1. The van der Waals surface area contributed by atoms with Crippen molar-refractivity contribution in [2.75, 3.05) is 38.1 Å². The summed E-state index contributed by atoms with van der Waals surface area (Å²) in [6.45, 7) is 4.95. The summed E-state index contributed by atoms with van der Waals surface area (Å²) in [7, 11) is 2.17. The number of fused-ring (bicyclic) bond motifs is 1. The molecule has 0 aliphatic carbocycles. The first-order valence-electron chi connectivity index (χ1n) is 6.29. The van der Waals surface area contributed by atoms with Crippen LogP contribution in [0.5, 0.6) is 0 Å². The minimum atomic E-state index is 0.581. The normalized spacial score (nSPS) is 17.6. The number of hydrogen-bond acceptors (Lipinski definition) is 5. The number of aromatic nitrogens is 1. The van der Waals surface area contributed by atoms with Crippen LogP contribution >= 0.6 is 11.3 Å². The van der Waals surface area contributed by atoms with Crippen molar-refractivity contribution in [1.82, 2.24) is 9.88 Å². The Labute approximate surface area is 111 Å². The number of thiazole rings is 1. The van der Waals surface area contributed by atoms with Crippen molar-refractivity contribution in [2.45, 2.75) is 6.54 Å². The molecule has 0 bridgehead atoms. The lowest BCUT2D eigenvalue weighted by Crippen LogP contribution is -2.44. The Morgan fingerprint density at radius 1 is 1.28 bits per heavy atom. The highest BCUT2D eigenvalue weighted by Gasteiger charge is 2.17. The second kappa shape index (κ2) is 4.84. The van der Waals surface area contributed by atoms with E-state index in [4.69, 9.17) is 10.7 Å². The lowest BCUT2D eigenvalue weighted by molar-refractivity contribution is 0.313. The van der Waals surface area contributed by atoms with Gasteiger partial charge in [0.05, 0.1) is 10.2 Å². The summed E-state index contributed by atoms with van der Waals surface area (Å²) in [6, 6.07) is 6.33. The van der Waals surface area contributed by atoms with E-state index >= 15 is 0 Å². The van der Waals surface area contributed by atoms with Gasteiger partial charge in [-0.15, -0.1) is 0 Å². The number of hydrogen-bond donors (Lipinski definition) is 1. The summed E-state index contributed by atoms with van der Waals surface area (Å²) in [5.41, 5.74) is 7.90. The van der Waals surface area contributed by atoms with Crippen LogP contribution in [-0.2, 0) is 6.54 Å². The molecule has 0 saturated carbocycles. The van der Waals surface area contributed by atoms with Crippen LogP contribution in [0.4, 0.5) is 5.13 Å². The fraction of sp³-hybridized carbons (Fsp3) is 0.462. The highest BCUT2D eigenvalue weighted by molar-refractivity contribution is 7.22. The molecule has 3 rings (SSSR count). The van der Waals surface area contributed by atoms with Gasteiger partial charge in [0.1, 0.15) is 0 Å². The molecule has 4 nitrogen and oxygen atoms in total. The van der Waals surface area contributed by atoms with Crippen molar-refractivity contribution in [3.05, 3.63) is 23.8 Å². The van der Waals surface area contributed by atoms with E-state index in [-0.39, 0.29) is 0 Å². The van der Waals surface area contributed by atoms with E-state index < -0.39 is 0 Å². The van der Waals surface area contributed by atoms with Crippen LogP contribution in [0.15, 0.2) is 18.2 Å². The van der Waals surface area contributed by atoms with Gasteiger partial charge in [0.15, 0.2) is 5.13 Å². The molecule has 0 radical (unpaired) electrons. The average molecular weight is 262 g/mol. The Morgan fingerprint density at radius 3 is 2.78 bits per heavy atom. The van der Waals surface area contributed by atoms with E-state index in [0.717, 1.165) is 42.4 Å². The van der Waals surface area contributed by atoms with Crippen molar-refractivity contribution in [3.63, 3.8) is 0 Å². The van der Waals surface area contributed by atoms with Crippen LogP contribution in [0.25, 0.3) is 10.2 Å². The lowest BCUT2D eigenvalue weighted by atomic mass is 10.2. The van der Waals surface area contributed by atoms with Gasteiger partial charge in [-0.2, -0.15) is 0 Å². The molecule has 5 heteroatoms. The van der Waals surface area contributed by atoms with Crippen molar-refractivity contribution in [1.29, 1.82) is 0 Å². The van der Waals surface area contributed by atoms with Crippen LogP contribution in [-0.4, -0.2) is 43.1 Å². The van der Waals surface area contributed by atoms with E-state index in [9.17, 15) is 0 Å². The molecule has 1 aromatic heterocycles. The Kier molecular flexibility index (Phi) is 3.20. The molecule has 18 heavy (non-hydrogen) atoms. The first kappa shape index (κ1) is 11.9. The van der Waals surface area contributed by atoms with E-state index in [2.05, 4.69) is 35.0 Å². The summed E-state index contributed by atoms with van der Waals surface area (Å²) in [5, 5.41) is 1.15. The van der Waals surface area contributed by atoms with E-state index in [1.807, 2.05) is 0 Å². The van der Waals surface area contributed by atoms with Gasteiger partial charge >= 0.3 is 0 Å². The number of piperazine rings is 1. The molecule has 2 aromatic rings. The molecule has 1 aromatic carbocycles. The van der Waals surface area contributed by atoms with Crippen molar-refractivity contribution >= 4 is 26.7 Å². The van der Waals surface area contributed by atoms with Gasteiger partial charge in [0, 0.05) is 32.7 Å². The maximum Gasteiger partial charge on any atom is 0.186 e. The molecule has 0 atom stereocenters. The monoisotopic (exact) mass is 262 g/mol. The van der Waals surface area contributed by atoms with Crippen LogP contribution < -0.4 is 10.6 Å². The molecular weight excluding hydrogens is 244 g/mol. The SMILES string of the molecule is CN1CCN(c2nc3cc(CN)ccc3s2)CC1. The van der Waals surface area contributed by atoms with Gasteiger partial charge in [-0.05, 0) is 24.7 Å². The molecule has 1 aliphatic heterocycles. The molecule has 0 amide bonds. The van der Waals surface area contributed by atoms with E-state index in [1.165, 1.54) is 4.70 Å². The highest BCUT2D eigenvalue weighted by Crippen LogP contribution is 2.29. The number of anilines is 1. The number of benzene rings is 1. The quantitative estimate of drug-likeness (QED) is 0.891.